The summed E-state index contributed by atoms with van der Waals surface area (Å²) in [6.07, 6.45) is 47.1. The molecule has 0 spiro atoms. The van der Waals surface area contributed by atoms with Crippen LogP contribution in [0, 0.1) is 0 Å². The van der Waals surface area contributed by atoms with Crippen molar-refractivity contribution in [2.75, 3.05) is 26.4 Å². The van der Waals surface area contributed by atoms with E-state index >= 15 is 0 Å². The van der Waals surface area contributed by atoms with Gasteiger partial charge in [0.15, 0.2) is 6.10 Å². The SMILES string of the molecule is CCCCCCCCCCCCCCCCCCCCCCCC(=O)O[C@H](COC(=O)CCCCCCCCCCCCCCCCCC)COP(=O)(O)OCCN. The zero-order valence-corrected chi connectivity index (χ0v) is 39.2. The Balaban J connectivity index is 4.00. The molecular formula is C48H96NO8P. The van der Waals surface area contributed by atoms with Gasteiger partial charge in [0.1, 0.15) is 6.61 Å². The number of hydrogen-bond donors (Lipinski definition) is 2. The fraction of sp³-hybridized carbons (Fsp3) is 0.958. The minimum absolute atomic E-state index is 0.0583. The van der Waals surface area contributed by atoms with E-state index in [0.717, 1.165) is 32.1 Å². The van der Waals surface area contributed by atoms with Gasteiger partial charge in [0, 0.05) is 19.4 Å². The molecule has 0 amide bonds. The van der Waals surface area contributed by atoms with Crippen LogP contribution in [0.15, 0.2) is 0 Å². The standard InChI is InChI=1S/C48H96NO8P/c1-3-5-7-9-11-13-15-17-19-21-22-23-24-25-27-29-31-33-35-37-39-41-48(51)57-46(45-56-58(52,53)55-43-42-49)44-54-47(50)40-38-36-34-32-30-28-26-20-18-16-14-12-10-8-6-4-2/h46H,3-45,49H2,1-2H3,(H,52,53)/t46-/m1/s1. The maximum atomic E-state index is 12.6. The van der Waals surface area contributed by atoms with E-state index in [2.05, 4.69) is 13.8 Å². The normalized spacial score (nSPS) is 13.1. The Hall–Kier alpha value is -0.990. The van der Waals surface area contributed by atoms with Gasteiger partial charge >= 0.3 is 19.8 Å². The number of nitrogens with two attached hydrogens (primary N) is 1. The molecule has 0 bridgehead atoms. The molecule has 0 aromatic heterocycles. The van der Waals surface area contributed by atoms with Crippen LogP contribution in [0.4, 0.5) is 0 Å². The van der Waals surface area contributed by atoms with Crippen LogP contribution in [0.25, 0.3) is 0 Å². The van der Waals surface area contributed by atoms with Crippen LogP contribution in [0.5, 0.6) is 0 Å². The van der Waals surface area contributed by atoms with Crippen LogP contribution in [0.3, 0.4) is 0 Å². The molecule has 0 saturated carbocycles. The molecule has 0 aliphatic heterocycles. The van der Waals surface area contributed by atoms with E-state index in [1.54, 1.807) is 0 Å². The number of hydrogen-bond acceptors (Lipinski definition) is 8. The van der Waals surface area contributed by atoms with Crippen molar-refractivity contribution in [3.8, 4) is 0 Å². The molecule has 1 unspecified atom stereocenters. The van der Waals surface area contributed by atoms with Gasteiger partial charge in [-0.15, -0.1) is 0 Å². The molecule has 0 fully saturated rings. The lowest BCUT2D eigenvalue weighted by molar-refractivity contribution is -0.161. The summed E-state index contributed by atoms with van der Waals surface area (Å²) in [6, 6.07) is 0. The number of rotatable bonds is 48. The van der Waals surface area contributed by atoms with Crippen molar-refractivity contribution in [3.05, 3.63) is 0 Å². The molecule has 3 N–H and O–H groups in total. The van der Waals surface area contributed by atoms with Gasteiger partial charge in [0.2, 0.25) is 0 Å². The van der Waals surface area contributed by atoms with Gasteiger partial charge in [-0.25, -0.2) is 4.57 Å². The smallest absolute Gasteiger partial charge is 0.462 e. The molecule has 0 aromatic carbocycles. The van der Waals surface area contributed by atoms with E-state index in [1.165, 1.54) is 199 Å². The molecule has 58 heavy (non-hydrogen) atoms. The summed E-state index contributed by atoms with van der Waals surface area (Å²) in [7, 11) is -4.37. The van der Waals surface area contributed by atoms with Gasteiger partial charge in [-0.3, -0.25) is 18.6 Å². The Morgan fingerprint density at radius 3 is 1.05 bits per heavy atom. The fourth-order valence-electron chi connectivity index (χ4n) is 7.52. The summed E-state index contributed by atoms with van der Waals surface area (Å²) in [5.74, 6) is -0.807. The van der Waals surface area contributed by atoms with Crippen LogP contribution in [-0.2, 0) is 32.7 Å². The third-order valence-electron chi connectivity index (χ3n) is 11.2. The highest BCUT2D eigenvalue weighted by molar-refractivity contribution is 7.47. The second-order valence-electron chi connectivity index (χ2n) is 17.1. The Labute approximate surface area is 358 Å². The predicted molar refractivity (Wildman–Crippen MR) is 243 cm³/mol. The second kappa shape index (κ2) is 45.5. The lowest BCUT2D eigenvalue weighted by atomic mass is 10.0. The first kappa shape index (κ1) is 57.0. The fourth-order valence-corrected chi connectivity index (χ4v) is 8.29. The monoisotopic (exact) mass is 846 g/mol. The van der Waals surface area contributed by atoms with Gasteiger partial charge in [0.05, 0.1) is 13.2 Å². The summed E-state index contributed by atoms with van der Waals surface area (Å²) >= 11 is 0. The van der Waals surface area contributed by atoms with Crippen molar-refractivity contribution in [2.45, 2.75) is 270 Å². The highest BCUT2D eigenvalue weighted by Crippen LogP contribution is 2.43. The highest BCUT2D eigenvalue weighted by atomic mass is 31.2. The largest absolute Gasteiger partial charge is 0.472 e. The second-order valence-corrected chi connectivity index (χ2v) is 18.5. The Morgan fingerprint density at radius 1 is 0.448 bits per heavy atom. The average molecular weight is 846 g/mol. The van der Waals surface area contributed by atoms with E-state index in [-0.39, 0.29) is 38.6 Å². The highest BCUT2D eigenvalue weighted by Gasteiger charge is 2.26. The van der Waals surface area contributed by atoms with Crippen molar-refractivity contribution in [1.29, 1.82) is 0 Å². The average Bonchev–Trinajstić information content (AvgIpc) is 3.21. The van der Waals surface area contributed by atoms with E-state index in [1.807, 2.05) is 0 Å². The zero-order valence-electron chi connectivity index (χ0n) is 38.3. The number of unbranched alkanes of at least 4 members (excludes halogenated alkanes) is 35. The van der Waals surface area contributed by atoms with Crippen molar-refractivity contribution < 1.29 is 37.6 Å². The van der Waals surface area contributed by atoms with Crippen molar-refractivity contribution >= 4 is 19.8 Å². The lowest BCUT2D eigenvalue weighted by Gasteiger charge is -2.19. The third kappa shape index (κ3) is 44.6. The Bertz CT molecular complexity index is 922. The number of phosphoric ester groups is 1. The van der Waals surface area contributed by atoms with Crippen LogP contribution >= 0.6 is 7.82 Å². The van der Waals surface area contributed by atoms with Gasteiger partial charge < -0.3 is 20.1 Å². The zero-order chi connectivity index (χ0) is 42.5. The summed E-state index contributed by atoms with van der Waals surface area (Å²) in [4.78, 5) is 35.0. The maximum absolute atomic E-state index is 12.6. The minimum atomic E-state index is -4.37. The maximum Gasteiger partial charge on any atom is 0.472 e. The number of esters is 2. The molecule has 346 valence electrons. The molecule has 10 heteroatoms. The molecule has 0 aromatic rings. The predicted octanol–water partition coefficient (Wildman–Crippen LogP) is 14.8. The number of ether oxygens (including phenoxy) is 2. The first-order valence-electron chi connectivity index (χ1n) is 25.0. The van der Waals surface area contributed by atoms with Gasteiger partial charge in [-0.05, 0) is 12.8 Å². The first-order chi connectivity index (χ1) is 28.3. The van der Waals surface area contributed by atoms with Crippen LogP contribution < -0.4 is 5.73 Å². The van der Waals surface area contributed by atoms with E-state index in [4.69, 9.17) is 24.3 Å². The number of phosphoric acid groups is 1. The van der Waals surface area contributed by atoms with Gasteiger partial charge in [0.25, 0.3) is 0 Å². The van der Waals surface area contributed by atoms with Gasteiger partial charge in [-0.1, -0.05) is 239 Å². The summed E-state index contributed by atoms with van der Waals surface area (Å²) in [6.45, 7) is 3.80. The number of carbonyl (C=O) groups is 2. The molecule has 2 atom stereocenters. The van der Waals surface area contributed by atoms with Crippen molar-refractivity contribution in [3.63, 3.8) is 0 Å². The summed E-state index contributed by atoms with van der Waals surface area (Å²) in [5, 5.41) is 0. The quantitative estimate of drug-likeness (QED) is 0.0349. The van der Waals surface area contributed by atoms with Crippen molar-refractivity contribution in [2.24, 2.45) is 5.73 Å². The van der Waals surface area contributed by atoms with E-state index < -0.39 is 26.5 Å². The summed E-state index contributed by atoms with van der Waals surface area (Å²) in [5.41, 5.74) is 5.36. The number of carbonyl (C=O) groups excluding carboxylic acids is 2. The Morgan fingerprint density at radius 2 is 0.741 bits per heavy atom. The molecule has 0 rings (SSSR count). The van der Waals surface area contributed by atoms with Crippen LogP contribution in [0.2, 0.25) is 0 Å². The lowest BCUT2D eigenvalue weighted by Crippen LogP contribution is -2.29. The Kier molecular flexibility index (Phi) is 44.8. The topological polar surface area (TPSA) is 134 Å². The summed E-state index contributed by atoms with van der Waals surface area (Å²) < 4.78 is 32.9. The van der Waals surface area contributed by atoms with Crippen molar-refractivity contribution in [1.82, 2.24) is 0 Å². The van der Waals surface area contributed by atoms with Crippen LogP contribution in [-0.4, -0.2) is 49.3 Å². The van der Waals surface area contributed by atoms with E-state index in [9.17, 15) is 19.0 Å². The third-order valence-corrected chi connectivity index (χ3v) is 12.2. The molecule has 0 heterocycles. The minimum Gasteiger partial charge on any atom is -0.462 e. The molecule has 0 saturated heterocycles. The molecule has 0 radical (unpaired) electrons. The molecular weight excluding hydrogens is 750 g/mol. The molecule has 0 aliphatic rings. The van der Waals surface area contributed by atoms with Crippen LogP contribution in [0.1, 0.15) is 264 Å². The first-order valence-corrected chi connectivity index (χ1v) is 26.5. The molecule has 0 aliphatic carbocycles. The van der Waals surface area contributed by atoms with Gasteiger partial charge in [-0.2, -0.15) is 0 Å². The molecule has 9 nitrogen and oxygen atoms in total. The van der Waals surface area contributed by atoms with E-state index in [0.29, 0.717) is 6.42 Å².